The second-order valence-corrected chi connectivity index (χ2v) is 6.62. The van der Waals surface area contributed by atoms with Gasteiger partial charge in [0.15, 0.2) is 6.61 Å². The van der Waals surface area contributed by atoms with Crippen LogP contribution in [0.1, 0.15) is 0 Å². The predicted molar refractivity (Wildman–Crippen MR) is 102 cm³/mol. The Morgan fingerprint density at radius 2 is 1.81 bits per heavy atom. The van der Waals surface area contributed by atoms with E-state index in [-0.39, 0.29) is 12.5 Å². The zero-order chi connectivity index (χ0) is 17.9. The summed E-state index contributed by atoms with van der Waals surface area (Å²) in [5, 5.41) is 0.644. The van der Waals surface area contributed by atoms with Crippen molar-refractivity contribution in [2.75, 3.05) is 37.7 Å². The molecule has 2 heterocycles. The molecular formula is C19H19ClN4O2. The maximum Gasteiger partial charge on any atom is 0.260 e. The Kier molecular flexibility index (Phi) is 4.67. The molecule has 0 saturated carbocycles. The van der Waals surface area contributed by atoms with Gasteiger partial charge in [-0.3, -0.25) is 4.79 Å². The number of halogens is 1. The molecule has 1 fully saturated rings. The SMILES string of the molecule is O=C(COc1ccc(Cl)cc1)N1CCN(c2nc3ccccc3[nH]2)CC1. The summed E-state index contributed by atoms with van der Waals surface area (Å²) in [5.41, 5.74) is 1.98. The lowest BCUT2D eigenvalue weighted by atomic mass is 10.3. The highest BCUT2D eigenvalue weighted by Gasteiger charge is 2.23. The molecule has 0 aliphatic carbocycles. The van der Waals surface area contributed by atoms with Crippen molar-refractivity contribution >= 4 is 34.5 Å². The van der Waals surface area contributed by atoms with E-state index in [1.54, 1.807) is 24.3 Å². The first-order chi connectivity index (χ1) is 12.7. The summed E-state index contributed by atoms with van der Waals surface area (Å²) in [6.07, 6.45) is 0. The average Bonchev–Trinajstić information content (AvgIpc) is 3.12. The molecule has 1 N–H and O–H groups in total. The summed E-state index contributed by atoms with van der Waals surface area (Å²) < 4.78 is 5.55. The van der Waals surface area contributed by atoms with Crippen molar-refractivity contribution in [3.05, 3.63) is 53.6 Å². The Labute approximate surface area is 156 Å². The van der Waals surface area contributed by atoms with Crippen molar-refractivity contribution in [2.45, 2.75) is 0 Å². The van der Waals surface area contributed by atoms with Gasteiger partial charge in [0.2, 0.25) is 5.95 Å². The van der Waals surface area contributed by atoms with Crippen LogP contribution in [0.2, 0.25) is 5.02 Å². The number of rotatable bonds is 4. The van der Waals surface area contributed by atoms with Gasteiger partial charge < -0.3 is 19.5 Å². The third-order valence-corrected chi connectivity index (χ3v) is 4.74. The van der Waals surface area contributed by atoms with E-state index in [1.807, 2.05) is 29.2 Å². The van der Waals surface area contributed by atoms with Crippen molar-refractivity contribution in [1.82, 2.24) is 14.9 Å². The number of carbonyl (C=O) groups excluding carboxylic acids is 1. The second kappa shape index (κ2) is 7.25. The zero-order valence-corrected chi connectivity index (χ0v) is 14.9. The van der Waals surface area contributed by atoms with Gasteiger partial charge in [-0.2, -0.15) is 0 Å². The molecule has 1 aromatic heterocycles. The number of piperazine rings is 1. The van der Waals surface area contributed by atoms with Crippen LogP contribution in [0.3, 0.4) is 0 Å². The fourth-order valence-corrected chi connectivity index (χ4v) is 3.15. The first-order valence-electron chi connectivity index (χ1n) is 8.55. The third-order valence-electron chi connectivity index (χ3n) is 4.48. The first-order valence-corrected chi connectivity index (χ1v) is 8.93. The highest BCUT2D eigenvalue weighted by molar-refractivity contribution is 6.30. The molecule has 26 heavy (non-hydrogen) atoms. The average molecular weight is 371 g/mol. The van der Waals surface area contributed by atoms with Crippen LogP contribution >= 0.6 is 11.6 Å². The minimum atomic E-state index is -0.00999. The lowest BCUT2D eigenvalue weighted by molar-refractivity contribution is -0.133. The number of nitrogens with zero attached hydrogens (tertiary/aromatic N) is 3. The summed E-state index contributed by atoms with van der Waals surface area (Å²) >= 11 is 5.84. The van der Waals surface area contributed by atoms with Gasteiger partial charge in [-0.25, -0.2) is 4.98 Å². The molecule has 0 bridgehead atoms. The number of nitrogens with one attached hydrogen (secondary N) is 1. The number of H-pyrrole nitrogens is 1. The molecule has 0 unspecified atom stereocenters. The first kappa shape index (κ1) is 16.7. The van der Waals surface area contributed by atoms with Crippen LogP contribution in [-0.4, -0.2) is 53.6 Å². The Morgan fingerprint density at radius 1 is 1.08 bits per heavy atom. The molecule has 0 radical (unpaired) electrons. The molecule has 0 atom stereocenters. The van der Waals surface area contributed by atoms with Gasteiger partial charge in [-0.1, -0.05) is 23.7 Å². The number of aromatic amines is 1. The monoisotopic (exact) mass is 370 g/mol. The number of benzene rings is 2. The smallest absolute Gasteiger partial charge is 0.260 e. The lowest BCUT2D eigenvalue weighted by Crippen LogP contribution is -2.50. The van der Waals surface area contributed by atoms with E-state index < -0.39 is 0 Å². The van der Waals surface area contributed by atoms with Gasteiger partial charge in [0.25, 0.3) is 5.91 Å². The van der Waals surface area contributed by atoms with Gasteiger partial charge in [-0.05, 0) is 36.4 Å². The molecular weight excluding hydrogens is 352 g/mol. The molecule has 6 nitrogen and oxygen atoms in total. The number of fused-ring (bicyclic) bond motifs is 1. The zero-order valence-electron chi connectivity index (χ0n) is 14.2. The van der Waals surface area contributed by atoms with Gasteiger partial charge in [-0.15, -0.1) is 0 Å². The Balaban J connectivity index is 1.31. The Morgan fingerprint density at radius 3 is 2.54 bits per heavy atom. The van der Waals surface area contributed by atoms with Crippen LogP contribution in [0.4, 0.5) is 5.95 Å². The highest BCUT2D eigenvalue weighted by Crippen LogP contribution is 2.19. The van der Waals surface area contributed by atoms with Gasteiger partial charge in [0.05, 0.1) is 11.0 Å². The number of hydrogen-bond donors (Lipinski definition) is 1. The number of para-hydroxylation sites is 2. The summed E-state index contributed by atoms with van der Waals surface area (Å²) in [6.45, 7) is 2.82. The van der Waals surface area contributed by atoms with Crippen LogP contribution in [-0.2, 0) is 4.79 Å². The van der Waals surface area contributed by atoms with Gasteiger partial charge >= 0.3 is 0 Å². The van der Waals surface area contributed by atoms with E-state index in [0.717, 1.165) is 30.1 Å². The van der Waals surface area contributed by atoms with E-state index in [1.165, 1.54) is 0 Å². The van der Waals surface area contributed by atoms with E-state index in [2.05, 4.69) is 14.9 Å². The quantitative estimate of drug-likeness (QED) is 0.767. The standard InChI is InChI=1S/C19H19ClN4O2/c20-14-5-7-15(8-6-14)26-13-18(25)23-9-11-24(12-10-23)19-21-16-3-1-2-4-17(16)22-19/h1-8H,9-13H2,(H,21,22). The number of ether oxygens (including phenoxy) is 1. The van der Waals surface area contributed by atoms with Crippen LogP contribution < -0.4 is 9.64 Å². The summed E-state index contributed by atoms with van der Waals surface area (Å²) in [7, 11) is 0. The van der Waals surface area contributed by atoms with Crippen molar-refractivity contribution in [1.29, 1.82) is 0 Å². The van der Waals surface area contributed by atoms with Crippen molar-refractivity contribution in [2.24, 2.45) is 0 Å². The molecule has 1 saturated heterocycles. The molecule has 134 valence electrons. The minimum absolute atomic E-state index is 0.00999. The number of carbonyl (C=O) groups is 1. The molecule has 2 aromatic carbocycles. The molecule has 3 aromatic rings. The van der Waals surface area contributed by atoms with Crippen LogP contribution in [0, 0.1) is 0 Å². The summed E-state index contributed by atoms with van der Waals surface area (Å²) in [4.78, 5) is 24.3. The fourth-order valence-electron chi connectivity index (χ4n) is 3.02. The number of amides is 1. The van der Waals surface area contributed by atoms with E-state index in [0.29, 0.717) is 23.9 Å². The second-order valence-electron chi connectivity index (χ2n) is 6.19. The van der Waals surface area contributed by atoms with Gasteiger partial charge in [0, 0.05) is 31.2 Å². The fraction of sp³-hybridized carbons (Fsp3) is 0.263. The molecule has 1 aliphatic rings. The maximum absolute atomic E-state index is 12.4. The van der Waals surface area contributed by atoms with Crippen molar-refractivity contribution < 1.29 is 9.53 Å². The molecule has 4 rings (SSSR count). The maximum atomic E-state index is 12.4. The molecule has 1 amide bonds. The van der Waals surface area contributed by atoms with E-state index in [4.69, 9.17) is 16.3 Å². The number of aromatic nitrogens is 2. The van der Waals surface area contributed by atoms with E-state index >= 15 is 0 Å². The van der Waals surface area contributed by atoms with Crippen LogP contribution in [0.5, 0.6) is 5.75 Å². The molecule has 0 spiro atoms. The van der Waals surface area contributed by atoms with Crippen LogP contribution in [0.15, 0.2) is 48.5 Å². The highest BCUT2D eigenvalue weighted by atomic mass is 35.5. The molecule has 1 aliphatic heterocycles. The van der Waals surface area contributed by atoms with Crippen molar-refractivity contribution in [3.63, 3.8) is 0 Å². The third kappa shape index (κ3) is 3.60. The Bertz CT molecular complexity index is 868. The number of anilines is 1. The van der Waals surface area contributed by atoms with E-state index in [9.17, 15) is 4.79 Å². The minimum Gasteiger partial charge on any atom is -0.484 e. The normalized spacial score (nSPS) is 14.7. The topological polar surface area (TPSA) is 61.5 Å². The van der Waals surface area contributed by atoms with Crippen LogP contribution in [0.25, 0.3) is 11.0 Å². The predicted octanol–water partition coefficient (Wildman–Crippen LogP) is 2.94. The number of hydrogen-bond acceptors (Lipinski definition) is 4. The summed E-state index contributed by atoms with van der Waals surface area (Å²) in [5.74, 6) is 1.49. The lowest BCUT2D eigenvalue weighted by Gasteiger charge is -2.34. The molecule has 7 heteroatoms. The van der Waals surface area contributed by atoms with Gasteiger partial charge in [0.1, 0.15) is 5.75 Å². The largest absolute Gasteiger partial charge is 0.484 e. The Hall–Kier alpha value is -2.73. The van der Waals surface area contributed by atoms with Crippen molar-refractivity contribution in [3.8, 4) is 5.75 Å². The number of imidazole rings is 1. The summed E-state index contributed by atoms with van der Waals surface area (Å²) in [6, 6.07) is 15.0.